The Morgan fingerprint density at radius 3 is 2.63 bits per heavy atom. The van der Waals surface area contributed by atoms with E-state index in [1.165, 1.54) is 12.1 Å². The van der Waals surface area contributed by atoms with Gasteiger partial charge in [-0.2, -0.15) is 0 Å². The lowest BCUT2D eigenvalue weighted by Gasteiger charge is -2.32. The lowest BCUT2D eigenvalue weighted by Crippen LogP contribution is -2.44. The summed E-state index contributed by atoms with van der Waals surface area (Å²) in [6.07, 6.45) is 4.90. The van der Waals surface area contributed by atoms with Crippen LogP contribution in [0.15, 0.2) is 18.2 Å². The van der Waals surface area contributed by atoms with E-state index in [0.717, 1.165) is 38.2 Å². The fourth-order valence-electron chi connectivity index (χ4n) is 2.55. The first-order valence-electron chi connectivity index (χ1n) is 6.53. The smallest absolute Gasteiger partial charge is 0.226 e. The molecule has 1 amide bonds. The summed E-state index contributed by atoms with van der Waals surface area (Å²) in [6, 6.07) is 3.70. The molecule has 1 aromatic rings. The van der Waals surface area contributed by atoms with Crippen molar-refractivity contribution >= 4 is 11.6 Å². The summed E-state index contributed by atoms with van der Waals surface area (Å²) in [6.45, 7) is 0. The van der Waals surface area contributed by atoms with Gasteiger partial charge in [0.2, 0.25) is 5.91 Å². The fourth-order valence-corrected chi connectivity index (χ4v) is 2.55. The van der Waals surface area contributed by atoms with Gasteiger partial charge in [-0.25, -0.2) is 8.78 Å². The zero-order valence-corrected chi connectivity index (χ0v) is 10.7. The summed E-state index contributed by atoms with van der Waals surface area (Å²) in [7, 11) is 0. The Morgan fingerprint density at radius 1 is 1.26 bits per heavy atom. The summed E-state index contributed by atoms with van der Waals surface area (Å²) in [5, 5.41) is 2.39. The van der Waals surface area contributed by atoms with E-state index in [2.05, 4.69) is 5.32 Å². The van der Waals surface area contributed by atoms with E-state index in [4.69, 9.17) is 5.73 Å². The maximum Gasteiger partial charge on any atom is 0.226 e. The minimum atomic E-state index is -1.04. The van der Waals surface area contributed by atoms with Gasteiger partial charge in [-0.1, -0.05) is 25.3 Å². The second-order valence-corrected chi connectivity index (χ2v) is 5.25. The molecule has 0 heterocycles. The molecule has 19 heavy (non-hydrogen) atoms. The van der Waals surface area contributed by atoms with E-state index in [1.807, 2.05) is 0 Å². The maximum absolute atomic E-state index is 13.4. The molecule has 5 heteroatoms. The quantitative estimate of drug-likeness (QED) is 0.885. The molecule has 1 fully saturated rings. The van der Waals surface area contributed by atoms with E-state index < -0.39 is 17.2 Å². The molecule has 0 saturated heterocycles. The molecule has 0 aliphatic heterocycles. The Balaban J connectivity index is 1.99. The molecular weight excluding hydrogens is 250 g/mol. The van der Waals surface area contributed by atoms with Gasteiger partial charge in [0.25, 0.3) is 0 Å². The van der Waals surface area contributed by atoms with Crippen molar-refractivity contribution < 1.29 is 13.6 Å². The van der Waals surface area contributed by atoms with Crippen LogP contribution in [0.25, 0.3) is 0 Å². The molecule has 1 saturated carbocycles. The van der Waals surface area contributed by atoms with Gasteiger partial charge in [0.05, 0.1) is 5.69 Å². The minimum Gasteiger partial charge on any atom is -0.325 e. The summed E-state index contributed by atoms with van der Waals surface area (Å²) in [5.74, 6) is -2.38. The van der Waals surface area contributed by atoms with Crippen LogP contribution in [0.3, 0.4) is 0 Å². The average molecular weight is 268 g/mol. The molecule has 3 nitrogen and oxygen atoms in total. The zero-order chi connectivity index (χ0) is 13.9. The molecule has 1 aliphatic rings. The van der Waals surface area contributed by atoms with Gasteiger partial charge in [-0.3, -0.25) is 4.79 Å². The van der Waals surface area contributed by atoms with Gasteiger partial charge in [-0.15, -0.1) is 0 Å². The number of hydrogen-bond donors (Lipinski definition) is 2. The molecule has 104 valence electrons. The monoisotopic (exact) mass is 268 g/mol. The summed E-state index contributed by atoms with van der Waals surface area (Å²) >= 11 is 0. The molecule has 2 rings (SSSR count). The Bertz CT molecular complexity index is 471. The highest BCUT2D eigenvalue weighted by Gasteiger charge is 2.30. The Hall–Kier alpha value is -1.49. The van der Waals surface area contributed by atoms with Crippen LogP contribution in [0.4, 0.5) is 14.5 Å². The number of nitrogens with two attached hydrogens (primary N) is 1. The lowest BCUT2D eigenvalue weighted by atomic mass is 9.80. The number of rotatable bonds is 3. The predicted octanol–water partition coefficient (Wildman–Crippen LogP) is 2.96. The molecular formula is C14H18F2N2O. The standard InChI is InChI=1S/C14H18F2N2O/c15-10-5-4-6-11(13(10)16)18-12(19)9-14(17)7-2-1-3-8-14/h4-6H,1-3,7-9,17H2,(H,18,19). The number of anilines is 1. The van der Waals surface area contributed by atoms with Gasteiger partial charge in [0.15, 0.2) is 11.6 Å². The van der Waals surface area contributed by atoms with Crippen molar-refractivity contribution in [3.05, 3.63) is 29.8 Å². The van der Waals surface area contributed by atoms with Crippen LogP contribution in [-0.4, -0.2) is 11.4 Å². The van der Waals surface area contributed by atoms with Gasteiger partial charge in [-0.05, 0) is 25.0 Å². The van der Waals surface area contributed by atoms with Crippen LogP contribution in [0.2, 0.25) is 0 Å². The van der Waals surface area contributed by atoms with Crippen LogP contribution in [0.5, 0.6) is 0 Å². The Morgan fingerprint density at radius 2 is 1.95 bits per heavy atom. The molecule has 0 radical (unpaired) electrons. The molecule has 0 atom stereocenters. The number of carbonyl (C=O) groups excluding carboxylic acids is 1. The summed E-state index contributed by atoms with van der Waals surface area (Å²) in [5.41, 5.74) is 5.51. The highest BCUT2D eigenvalue weighted by molar-refractivity contribution is 5.91. The van der Waals surface area contributed by atoms with Crippen LogP contribution >= 0.6 is 0 Å². The summed E-state index contributed by atoms with van der Waals surface area (Å²) in [4.78, 5) is 11.9. The topological polar surface area (TPSA) is 55.1 Å². The van der Waals surface area contributed by atoms with Gasteiger partial charge in [0.1, 0.15) is 0 Å². The van der Waals surface area contributed by atoms with E-state index in [1.54, 1.807) is 0 Å². The largest absolute Gasteiger partial charge is 0.325 e. The van der Waals surface area contributed by atoms with E-state index >= 15 is 0 Å². The molecule has 0 spiro atoms. The number of hydrogen-bond acceptors (Lipinski definition) is 2. The highest BCUT2D eigenvalue weighted by Crippen LogP contribution is 2.29. The normalized spacial score (nSPS) is 18.1. The van der Waals surface area contributed by atoms with Crippen molar-refractivity contribution in [1.29, 1.82) is 0 Å². The van der Waals surface area contributed by atoms with Crippen LogP contribution < -0.4 is 11.1 Å². The fraction of sp³-hybridized carbons (Fsp3) is 0.500. The molecule has 1 aliphatic carbocycles. The van der Waals surface area contributed by atoms with E-state index in [0.29, 0.717) is 0 Å². The van der Waals surface area contributed by atoms with Crippen LogP contribution in [0.1, 0.15) is 38.5 Å². The second-order valence-electron chi connectivity index (χ2n) is 5.25. The van der Waals surface area contributed by atoms with Crippen molar-refractivity contribution in [3.63, 3.8) is 0 Å². The Kier molecular flexibility index (Phi) is 4.14. The third-order valence-corrected chi connectivity index (χ3v) is 3.59. The van der Waals surface area contributed by atoms with Crippen molar-refractivity contribution in [3.8, 4) is 0 Å². The maximum atomic E-state index is 13.4. The average Bonchev–Trinajstić information content (AvgIpc) is 2.35. The first-order chi connectivity index (χ1) is 9.00. The van der Waals surface area contributed by atoms with Crippen molar-refractivity contribution in [1.82, 2.24) is 0 Å². The third kappa shape index (κ3) is 3.50. The van der Waals surface area contributed by atoms with Crippen LogP contribution in [0, 0.1) is 11.6 Å². The minimum absolute atomic E-state index is 0.135. The molecule has 1 aromatic carbocycles. The third-order valence-electron chi connectivity index (χ3n) is 3.59. The predicted molar refractivity (Wildman–Crippen MR) is 69.6 cm³/mol. The Labute approximate surface area is 111 Å². The molecule has 3 N–H and O–H groups in total. The number of amides is 1. The number of halogens is 2. The number of nitrogens with one attached hydrogen (secondary N) is 1. The number of carbonyl (C=O) groups is 1. The first-order valence-corrected chi connectivity index (χ1v) is 6.53. The highest BCUT2D eigenvalue weighted by atomic mass is 19.2. The molecule has 0 aromatic heterocycles. The van der Waals surface area contributed by atoms with E-state index in [9.17, 15) is 13.6 Å². The van der Waals surface area contributed by atoms with Gasteiger partial charge in [0, 0.05) is 12.0 Å². The summed E-state index contributed by atoms with van der Waals surface area (Å²) < 4.78 is 26.4. The lowest BCUT2D eigenvalue weighted by molar-refractivity contribution is -0.117. The van der Waals surface area contributed by atoms with Crippen molar-refractivity contribution in [2.45, 2.75) is 44.1 Å². The molecule has 0 unspecified atom stereocenters. The van der Waals surface area contributed by atoms with Crippen molar-refractivity contribution in [2.24, 2.45) is 5.73 Å². The SMILES string of the molecule is NC1(CC(=O)Nc2cccc(F)c2F)CCCCC1. The number of benzene rings is 1. The zero-order valence-electron chi connectivity index (χ0n) is 10.7. The van der Waals surface area contributed by atoms with E-state index in [-0.39, 0.29) is 18.0 Å². The molecule has 0 bridgehead atoms. The van der Waals surface area contributed by atoms with Gasteiger partial charge < -0.3 is 11.1 Å². The van der Waals surface area contributed by atoms with Crippen molar-refractivity contribution in [2.75, 3.05) is 5.32 Å². The van der Waals surface area contributed by atoms with Gasteiger partial charge >= 0.3 is 0 Å². The van der Waals surface area contributed by atoms with Crippen LogP contribution in [-0.2, 0) is 4.79 Å². The first kappa shape index (κ1) is 13.9. The second kappa shape index (κ2) is 5.65.